The van der Waals surface area contributed by atoms with Crippen molar-refractivity contribution >= 4 is 40.6 Å². The molecule has 1 aromatic rings. The Morgan fingerprint density at radius 2 is 1.48 bits per heavy atom. The SMILES string of the molecule is CC1(C)CC(=O)C2(OC3=C(C(=O)CC(C)(C)C3)C2c2cccc(Cl)c2Cl)C(=O)C1. The molecule has 3 aliphatic rings. The van der Waals surface area contributed by atoms with Crippen molar-refractivity contribution in [1.82, 2.24) is 0 Å². The van der Waals surface area contributed by atoms with Crippen molar-refractivity contribution in [3.05, 3.63) is 45.1 Å². The molecule has 154 valence electrons. The quantitative estimate of drug-likeness (QED) is 0.551. The molecule has 1 heterocycles. The van der Waals surface area contributed by atoms with Gasteiger partial charge in [0, 0.05) is 31.3 Å². The summed E-state index contributed by atoms with van der Waals surface area (Å²) in [7, 11) is 0. The third-order valence-corrected chi connectivity index (χ3v) is 7.09. The van der Waals surface area contributed by atoms with Gasteiger partial charge in [0.15, 0.2) is 17.3 Å². The highest BCUT2D eigenvalue weighted by molar-refractivity contribution is 6.42. The highest BCUT2D eigenvalue weighted by Gasteiger charge is 2.65. The summed E-state index contributed by atoms with van der Waals surface area (Å²) in [6.07, 6.45) is 1.22. The maximum Gasteiger partial charge on any atom is 0.235 e. The van der Waals surface area contributed by atoms with Gasteiger partial charge in [0.1, 0.15) is 5.76 Å². The summed E-state index contributed by atoms with van der Waals surface area (Å²) in [5.41, 5.74) is -1.57. The zero-order valence-electron chi connectivity index (χ0n) is 17.0. The van der Waals surface area contributed by atoms with Crippen molar-refractivity contribution in [1.29, 1.82) is 0 Å². The van der Waals surface area contributed by atoms with Gasteiger partial charge < -0.3 is 4.74 Å². The summed E-state index contributed by atoms with van der Waals surface area (Å²) >= 11 is 12.8. The van der Waals surface area contributed by atoms with Crippen molar-refractivity contribution in [3.63, 3.8) is 0 Å². The second-order valence-corrected chi connectivity index (χ2v) is 10.8. The molecule has 0 aromatic heterocycles. The zero-order valence-corrected chi connectivity index (χ0v) is 18.5. The van der Waals surface area contributed by atoms with Crippen LogP contribution in [0.2, 0.25) is 10.0 Å². The topological polar surface area (TPSA) is 60.4 Å². The van der Waals surface area contributed by atoms with Crippen LogP contribution in [-0.4, -0.2) is 23.0 Å². The van der Waals surface area contributed by atoms with E-state index in [1.54, 1.807) is 18.2 Å². The number of rotatable bonds is 1. The third kappa shape index (κ3) is 3.07. The Labute approximate surface area is 180 Å². The van der Waals surface area contributed by atoms with Crippen LogP contribution in [-0.2, 0) is 19.1 Å². The Morgan fingerprint density at radius 1 is 0.897 bits per heavy atom. The van der Waals surface area contributed by atoms with E-state index in [1.165, 1.54) is 0 Å². The van der Waals surface area contributed by atoms with Crippen LogP contribution >= 0.6 is 23.2 Å². The molecule has 0 N–H and O–H groups in total. The van der Waals surface area contributed by atoms with Gasteiger partial charge in [-0.05, 0) is 22.5 Å². The smallest absolute Gasteiger partial charge is 0.235 e. The fourth-order valence-electron chi connectivity index (χ4n) is 5.05. The molecule has 1 unspecified atom stereocenters. The number of hydrogen-bond donors (Lipinski definition) is 0. The van der Waals surface area contributed by atoms with Crippen LogP contribution in [0.5, 0.6) is 0 Å². The second kappa shape index (κ2) is 6.42. The van der Waals surface area contributed by atoms with Crippen molar-refractivity contribution < 1.29 is 19.1 Å². The molecule has 6 heteroatoms. The standard InChI is InChI=1S/C23H24Cl2O4/c1-21(2)8-14(26)18-15(9-21)29-23(16(27)10-22(3,4)11-17(23)28)19(18)12-6-5-7-13(24)20(12)25/h5-7,19H,8-11H2,1-4H3. The van der Waals surface area contributed by atoms with E-state index in [-0.39, 0.29) is 40.6 Å². The van der Waals surface area contributed by atoms with Gasteiger partial charge in [-0.1, -0.05) is 63.0 Å². The minimum Gasteiger partial charge on any atom is -0.474 e. The average Bonchev–Trinajstić information content (AvgIpc) is 2.90. The van der Waals surface area contributed by atoms with Crippen LogP contribution in [0.1, 0.15) is 64.9 Å². The minimum absolute atomic E-state index is 0.0976. The largest absolute Gasteiger partial charge is 0.474 e. The highest BCUT2D eigenvalue weighted by atomic mass is 35.5. The van der Waals surface area contributed by atoms with Crippen molar-refractivity contribution in [2.75, 3.05) is 0 Å². The fourth-order valence-corrected chi connectivity index (χ4v) is 5.47. The molecule has 1 atom stereocenters. The van der Waals surface area contributed by atoms with E-state index in [4.69, 9.17) is 27.9 Å². The van der Waals surface area contributed by atoms with E-state index in [9.17, 15) is 14.4 Å². The first kappa shape index (κ1) is 20.6. The molecule has 0 amide bonds. The number of allylic oxidation sites excluding steroid dienone is 1. The average molecular weight is 435 g/mol. The normalized spacial score (nSPS) is 27.2. The Bertz CT molecular complexity index is 967. The fraction of sp³-hybridized carbons (Fsp3) is 0.522. The second-order valence-electron chi connectivity index (χ2n) is 10.1. The van der Waals surface area contributed by atoms with Gasteiger partial charge in [0.25, 0.3) is 0 Å². The molecule has 0 saturated heterocycles. The molecular weight excluding hydrogens is 411 g/mol. The van der Waals surface area contributed by atoms with Gasteiger partial charge in [0.2, 0.25) is 5.60 Å². The van der Waals surface area contributed by atoms with E-state index in [0.717, 1.165) is 0 Å². The van der Waals surface area contributed by atoms with E-state index in [2.05, 4.69) is 0 Å². The number of hydrogen-bond acceptors (Lipinski definition) is 4. The van der Waals surface area contributed by atoms with Crippen LogP contribution in [0.4, 0.5) is 0 Å². The van der Waals surface area contributed by atoms with E-state index < -0.39 is 16.9 Å². The summed E-state index contributed by atoms with van der Waals surface area (Å²) in [6, 6.07) is 5.09. The Hall–Kier alpha value is -1.65. The maximum absolute atomic E-state index is 13.5. The number of ether oxygens (including phenoxy) is 1. The lowest BCUT2D eigenvalue weighted by Crippen LogP contribution is -2.57. The van der Waals surface area contributed by atoms with Crippen LogP contribution < -0.4 is 0 Å². The van der Waals surface area contributed by atoms with E-state index >= 15 is 0 Å². The summed E-state index contributed by atoms with van der Waals surface area (Å²) in [6.45, 7) is 7.76. The van der Waals surface area contributed by atoms with Gasteiger partial charge >= 0.3 is 0 Å². The molecule has 1 aliphatic heterocycles. The van der Waals surface area contributed by atoms with E-state index in [0.29, 0.717) is 34.8 Å². The van der Waals surface area contributed by atoms with E-state index in [1.807, 2.05) is 27.7 Å². The highest BCUT2D eigenvalue weighted by Crippen LogP contribution is 2.58. The summed E-state index contributed by atoms with van der Waals surface area (Å²) in [4.78, 5) is 40.2. The number of benzene rings is 1. The third-order valence-electron chi connectivity index (χ3n) is 6.26. The molecule has 1 spiro atoms. The number of carbonyl (C=O) groups excluding carboxylic acids is 3. The summed E-state index contributed by atoms with van der Waals surface area (Å²) in [5.74, 6) is -1.09. The molecule has 29 heavy (non-hydrogen) atoms. The lowest BCUT2D eigenvalue weighted by atomic mass is 9.61. The van der Waals surface area contributed by atoms with Gasteiger partial charge in [-0.25, -0.2) is 0 Å². The Morgan fingerprint density at radius 3 is 2.10 bits per heavy atom. The van der Waals surface area contributed by atoms with Crippen molar-refractivity contribution in [3.8, 4) is 0 Å². The van der Waals surface area contributed by atoms with Crippen LogP contribution in [0.3, 0.4) is 0 Å². The predicted octanol–water partition coefficient (Wildman–Crippen LogP) is 5.45. The maximum atomic E-state index is 13.5. The lowest BCUT2D eigenvalue weighted by molar-refractivity contribution is -0.160. The van der Waals surface area contributed by atoms with Crippen LogP contribution in [0.25, 0.3) is 0 Å². The molecule has 1 fully saturated rings. The number of ketones is 3. The predicted molar refractivity (Wildman–Crippen MR) is 111 cm³/mol. The van der Waals surface area contributed by atoms with Gasteiger partial charge in [-0.3, -0.25) is 14.4 Å². The van der Waals surface area contributed by atoms with Gasteiger partial charge in [-0.15, -0.1) is 0 Å². The number of halogens is 2. The molecule has 0 bridgehead atoms. The first-order valence-electron chi connectivity index (χ1n) is 9.84. The molecule has 1 aromatic carbocycles. The summed E-state index contributed by atoms with van der Waals surface area (Å²) in [5, 5.41) is 0.562. The molecule has 4 rings (SSSR count). The van der Waals surface area contributed by atoms with Crippen LogP contribution in [0, 0.1) is 10.8 Å². The molecule has 2 aliphatic carbocycles. The minimum atomic E-state index is -1.73. The monoisotopic (exact) mass is 434 g/mol. The molecule has 0 radical (unpaired) electrons. The molecule has 1 saturated carbocycles. The first-order chi connectivity index (χ1) is 13.4. The zero-order chi connectivity index (χ0) is 21.4. The number of carbonyl (C=O) groups is 3. The van der Waals surface area contributed by atoms with Crippen molar-refractivity contribution in [2.24, 2.45) is 10.8 Å². The van der Waals surface area contributed by atoms with Crippen molar-refractivity contribution in [2.45, 2.75) is 64.9 Å². The molecular formula is C23H24Cl2O4. The Balaban J connectivity index is 1.96. The van der Waals surface area contributed by atoms with Crippen LogP contribution in [0.15, 0.2) is 29.5 Å². The van der Waals surface area contributed by atoms with Gasteiger partial charge in [-0.2, -0.15) is 0 Å². The number of Topliss-reactive ketones (excluding diaryl/α,β-unsaturated/α-hetero) is 3. The summed E-state index contributed by atoms with van der Waals surface area (Å²) < 4.78 is 6.24. The lowest BCUT2D eigenvalue weighted by Gasteiger charge is -2.41. The first-order valence-corrected chi connectivity index (χ1v) is 10.6. The molecule has 4 nitrogen and oxygen atoms in total. The Kier molecular flexibility index (Phi) is 4.57. The van der Waals surface area contributed by atoms with Gasteiger partial charge in [0.05, 0.1) is 16.0 Å².